The summed E-state index contributed by atoms with van der Waals surface area (Å²) in [5.74, 6) is -0.0171. The van der Waals surface area contributed by atoms with Crippen molar-refractivity contribution in [1.82, 2.24) is 24.3 Å². The molecule has 0 spiro atoms. The zero-order valence-electron chi connectivity index (χ0n) is 22.0. The minimum atomic E-state index is -3.04. The van der Waals surface area contributed by atoms with E-state index in [4.69, 9.17) is 4.74 Å². The van der Waals surface area contributed by atoms with Crippen molar-refractivity contribution in [2.75, 3.05) is 37.7 Å². The monoisotopic (exact) mass is 547 g/mol. The molecule has 3 aliphatic rings. The van der Waals surface area contributed by atoms with Crippen molar-refractivity contribution in [2.24, 2.45) is 0 Å². The van der Waals surface area contributed by atoms with E-state index in [9.17, 15) is 22.8 Å². The molecule has 38 heavy (non-hydrogen) atoms. The standard InChI is InChI=1S/C26H37N5O6S/c1-18(2)30-22-6-3-4-7-23(22)31(25(30)33)24(32)27-19-16-20-8-9-21(17-19)29(20)10-5-13-37-26(34)28-11-14-38(35,36)15-12-28/h3-4,6-7,18-21H,5,8-17H2,1-2H3,(H,27,32)/t19?,20-,21?/m0/s1. The third-order valence-corrected chi connectivity index (χ3v) is 9.71. The molecule has 0 radical (unpaired) electrons. The highest BCUT2D eigenvalue weighted by Gasteiger charge is 2.41. The molecule has 12 heteroatoms. The molecule has 5 rings (SSSR count). The predicted octanol–water partition coefficient (Wildman–Crippen LogP) is 2.19. The smallest absolute Gasteiger partial charge is 0.409 e. The molecule has 4 heterocycles. The van der Waals surface area contributed by atoms with Crippen LogP contribution in [0.25, 0.3) is 11.0 Å². The molecule has 1 aromatic carbocycles. The molecule has 3 fully saturated rings. The molecular formula is C26H37N5O6S. The van der Waals surface area contributed by atoms with E-state index < -0.39 is 15.9 Å². The van der Waals surface area contributed by atoms with E-state index in [2.05, 4.69) is 10.2 Å². The fourth-order valence-corrected chi connectivity index (χ4v) is 7.46. The van der Waals surface area contributed by atoms with Gasteiger partial charge in [-0.1, -0.05) is 12.1 Å². The van der Waals surface area contributed by atoms with Gasteiger partial charge < -0.3 is 15.0 Å². The van der Waals surface area contributed by atoms with Crippen LogP contribution < -0.4 is 11.0 Å². The number of para-hydroxylation sites is 2. The number of nitrogens with zero attached hydrogens (tertiary/aromatic N) is 4. The van der Waals surface area contributed by atoms with Gasteiger partial charge in [0.25, 0.3) is 0 Å². The largest absolute Gasteiger partial charge is 0.449 e. The quantitative estimate of drug-likeness (QED) is 0.550. The first kappa shape index (κ1) is 26.7. The maximum Gasteiger partial charge on any atom is 0.409 e. The third-order valence-electron chi connectivity index (χ3n) is 8.10. The second-order valence-corrected chi connectivity index (χ2v) is 13.2. The van der Waals surface area contributed by atoms with Crippen LogP contribution >= 0.6 is 0 Å². The van der Waals surface area contributed by atoms with Crippen LogP contribution in [0.3, 0.4) is 0 Å². The third kappa shape index (κ3) is 5.33. The Balaban J connectivity index is 1.13. The van der Waals surface area contributed by atoms with Gasteiger partial charge in [-0.25, -0.2) is 27.4 Å². The summed E-state index contributed by atoms with van der Waals surface area (Å²) < 4.78 is 31.4. The van der Waals surface area contributed by atoms with Crippen LogP contribution in [0.5, 0.6) is 0 Å². The summed E-state index contributed by atoms with van der Waals surface area (Å²) in [6.07, 6.45) is 4.02. The topological polar surface area (TPSA) is 123 Å². The molecular weight excluding hydrogens is 510 g/mol. The number of ether oxygens (including phenoxy) is 1. The first-order valence-electron chi connectivity index (χ1n) is 13.6. The number of fused-ring (bicyclic) bond motifs is 3. The average Bonchev–Trinajstić information content (AvgIpc) is 3.29. The van der Waals surface area contributed by atoms with E-state index in [1.807, 2.05) is 38.1 Å². The van der Waals surface area contributed by atoms with E-state index in [0.717, 1.165) is 37.7 Å². The summed E-state index contributed by atoms with van der Waals surface area (Å²) in [7, 11) is -3.04. The number of piperidine rings is 1. The lowest BCUT2D eigenvalue weighted by Gasteiger charge is -2.39. The molecule has 3 aliphatic heterocycles. The summed E-state index contributed by atoms with van der Waals surface area (Å²) >= 11 is 0. The molecule has 208 valence electrons. The first-order valence-corrected chi connectivity index (χ1v) is 15.4. The number of nitrogens with one attached hydrogen (secondary N) is 1. The van der Waals surface area contributed by atoms with E-state index in [1.165, 1.54) is 9.47 Å². The van der Waals surface area contributed by atoms with Crippen LogP contribution in [0.2, 0.25) is 0 Å². The van der Waals surface area contributed by atoms with Crippen molar-refractivity contribution in [3.8, 4) is 0 Å². The van der Waals surface area contributed by atoms with Gasteiger partial charge in [-0.2, -0.15) is 0 Å². The molecule has 2 amide bonds. The minimum absolute atomic E-state index is 0.00230. The van der Waals surface area contributed by atoms with Crippen LogP contribution in [0.15, 0.2) is 29.1 Å². The summed E-state index contributed by atoms with van der Waals surface area (Å²) in [5, 5.41) is 3.13. The molecule has 0 saturated carbocycles. The maximum absolute atomic E-state index is 13.3. The van der Waals surface area contributed by atoms with Gasteiger partial charge in [0.1, 0.15) is 0 Å². The van der Waals surface area contributed by atoms with E-state index >= 15 is 0 Å². The fourth-order valence-electron chi connectivity index (χ4n) is 6.26. The van der Waals surface area contributed by atoms with Gasteiger partial charge in [-0.3, -0.25) is 9.47 Å². The van der Waals surface area contributed by atoms with Gasteiger partial charge in [0.2, 0.25) is 0 Å². The number of aromatic nitrogens is 2. The van der Waals surface area contributed by atoms with Crippen molar-refractivity contribution >= 4 is 33.0 Å². The van der Waals surface area contributed by atoms with E-state index in [-0.39, 0.29) is 48.4 Å². The summed E-state index contributed by atoms with van der Waals surface area (Å²) in [4.78, 5) is 42.6. The number of benzene rings is 1. The molecule has 2 bridgehead atoms. The van der Waals surface area contributed by atoms with Gasteiger partial charge >= 0.3 is 17.8 Å². The molecule has 1 aromatic heterocycles. The molecule has 3 atom stereocenters. The van der Waals surface area contributed by atoms with Crippen LogP contribution in [-0.4, -0.2) is 95.3 Å². The highest BCUT2D eigenvalue weighted by molar-refractivity contribution is 7.91. The number of carbonyl (C=O) groups is 2. The predicted molar refractivity (Wildman–Crippen MR) is 143 cm³/mol. The summed E-state index contributed by atoms with van der Waals surface area (Å²) in [6, 6.07) is 7.64. The Morgan fingerprint density at radius 2 is 1.68 bits per heavy atom. The van der Waals surface area contributed by atoms with Crippen LogP contribution in [-0.2, 0) is 14.6 Å². The van der Waals surface area contributed by atoms with Gasteiger partial charge in [-0.15, -0.1) is 0 Å². The molecule has 2 aromatic rings. The number of carbonyl (C=O) groups excluding carboxylic acids is 2. The average molecular weight is 548 g/mol. The molecule has 2 unspecified atom stereocenters. The van der Waals surface area contributed by atoms with Crippen molar-refractivity contribution in [3.05, 3.63) is 34.7 Å². The van der Waals surface area contributed by atoms with Crippen molar-refractivity contribution in [2.45, 2.75) is 70.1 Å². The molecule has 3 saturated heterocycles. The molecule has 11 nitrogen and oxygen atoms in total. The number of amides is 2. The van der Waals surface area contributed by atoms with Crippen molar-refractivity contribution in [1.29, 1.82) is 0 Å². The fraction of sp³-hybridized carbons (Fsp3) is 0.654. The van der Waals surface area contributed by atoms with Gasteiger partial charge in [-0.05, 0) is 58.1 Å². The van der Waals surface area contributed by atoms with Crippen LogP contribution in [0, 0.1) is 0 Å². The first-order chi connectivity index (χ1) is 18.1. The second kappa shape index (κ2) is 10.7. The summed E-state index contributed by atoms with van der Waals surface area (Å²) in [6.45, 7) is 5.35. The number of hydrogen-bond donors (Lipinski definition) is 1. The molecule has 1 N–H and O–H groups in total. The Bertz CT molecular complexity index is 1340. The minimum Gasteiger partial charge on any atom is -0.449 e. The zero-order valence-corrected chi connectivity index (χ0v) is 22.9. The van der Waals surface area contributed by atoms with Gasteiger partial charge in [0, 0.05) is 43.8 Å². The SMILES string of the molecule is CC(C)n1c(=O)n(C(=O)NC2CC3CC[C@@H](C2)N3CCCOC(=O)N2CCS(=O)(=O)CC2)c2ccccc21. The Labute approximate surface area is 222 Å². The lowest BCUT2D eigenvalue weighted by atomic mass is 9.97. The van der Waals surface area contributed by atoms with E-state index in [1.54, 1.807) is 4.57 Å². The maximum atomic E-state index is 13.3. The summed E-state index contributed by atoms with van der Waals surface area (Å²) in [5.41, 5.74) is 1.05. The number of imidazole rings is 1. The van der Waals surface area contributed by atoms with Crippen molar-refractivity contribution < 1.29 is 22.7 Å². The Hall–Kier alpha value is -2.86. The van der Waals surface area contributed by atoms with Gasteiger partial charge in [0.05, 0.1) is 29.1 Å². The Kier molecular flexibility index (Phi) is 7.54. The van der Waals surface area contributed by atoms with E-state index in [0.29, 0.717) is 30.6 Å². The van der Waals surface area contributed by atoms with Crippen LogP contribution in [0.4, 0.5) is 9.59 Å². The normalized spacial score (nSPS) is 25.1. The van der Waals surface area contributed by atoms with Gasteiger partial charge in [0.15, 0.2) is 9.84 Å². The second-order valence-electron chi connectivity index (χ2n) is 10.9. The van der Waals surface area contributed by atoms with Crippen molar-refractivity contribution in [3.63, 3.8) is 0 Å². The lowest BCUT2D eigenvalue weighted by Crippen LogP contribution is -2.52. The number of sulfone groups is 1. The Morgan fingerprint density at radius 1 is 1.05 bits per heavy atom. The number of hydrogen-bond acceptors (Lipinski definition) is 7. The zero-order chi connectivity index (χ0) is 27.0. The number of rotatable bonds is 6. The highest BCUT2D eigenvalue weighted by atomic mass is 32.2. The highest BCUT2D eigenvalue weighted by Crippen LogP contribution is 2.35. The Morgan fingerprint density at radius 3 is 2.32 bits per heavy atom. The lowest BCUT2D eigenvalue weighted by molar-refractivity contribution is 0.0851. The molecule has 0 aliphatic carbocycles. The van der Waals surface area contributed by atoms with Crippen LogP contribution in [0.1, 0.15) is 52.0 Å².